The number of amides is 1. The second kappa shape index (κ2) is 5.37. The lowest BCUT2D eigenvalue weighted by molar-refractivity contribution is -0.129. The quantitative estimate of drug-likeness (QED) is 0.713. The van der Waals surface area contributed by atoms with Gasteiger partial charge in [-0.3, -0.25) is 4.79 Å². The number of ether oxygens (including phenoxy) is 1. The summed E-state index contributed by atoms with van der Waals surface area (Å²) in [6, 6.07) is 0. The number of alkyl halides is 1. The van der Waals surface area contributed by atoms with Crippen LogP contribution in [0.15, 0.2) is 0 Å². The van der Waals surface area contributed by atoms with Crippen molar-refractivity contribution in [3.05, 3.63) is 0 Å². The van der Waals surface area contributed by atoms with Crippen LogP contribution < -0.4 is 0 Å². The molecule has 94 valence electrons. The van der Waals surface area contributed by atoms with Gasteiger partial charge in [0.05, 0.1) is 6.61 Å². The van der Waals surface area contributed by atoms with Gasteiger partial charge >= 0.3 is 0 Å². The molecule has 1 rings (SSSR count). The number of carbonyl (C=O) groups is 1. The molecule has 1 aliphatic rings. The maximum atomic E-state index is 11.8. The summed E-state index contributed by atoms with van der Waals surface area (Å²) in [5.41, 5.74) is 0.122. The van der Waals surface area contributed by atoms with Crippen molar-refractivity contribution in [1.29, 1.82) is 0 Å². The van der Waals surface area contributed by atoms with Crippen molar-refractivity contribution in [3.63, 3.8) is 0 Å². The van der Waals surface area contributed by atoms with E-state index in [2.05, 4.69) is 13.8 Å². The van der Waals surface area contributed by atoms with Gasteiger partial charge in [0.1, 0.15) is 5.38 Å². The highest BCUT2D eigenvalue weighted by Gasteiger charge is 2.41. The minimum atomic E-state index is -0.429. The van der Waals surface area contributed by atoms with Crippen LogP contribution in [0.3, 0.4) is 0 Å². The Morgan fingerprint density at radius 3 is 2.75 bits per heavy atom. The molecule has 0 aromatic rings. The molecule has 16 heavy (non-hydrogen) atoms. The summed E-state index contributed by atoms with van der Waals surface area (Å²) in [6.07, 6.45) is 0. The maximum absolute atomic E-state index is 11.8. The van der Waals surface area contributed by atoms with E-state index in [-0.39, 0.29) is 11.3 Å². The van der Waals surface area contributed by atoms with Crippen LogP contribution in [0.1, 0.15) is 27.7 Å². The molecule has 1 aliphatic heterocycles. The smallest absolute Gasteiger partial charge is 0.240 e. The van der Waals surface area contributed by atoms with Crippen LogP contribution in [-0.4, -0.2) is 42.5 Å². The second-order valence-corrected chi connectivity index (χ2v) is 5.83. The molecular weight excluding hydrogens is 226 g/mol. The van der Waals surface area contributed by atoms with E-state index in [1.54, 1.807) is 6.92 Å². The first-order valence-electron chi connectivity index (χ1n) is 5.89. The minimum absolute atomic E-state index is 0.0359. The zero-order valence-corrected chi connectivity index (χ0v) is 11.4. The molecule has 0 aromatic heterocycles. The summed E-state index contributed by atoms with van der Waals surface area (Å²) in [5, 5.41) is -0.429. The molecule has 4 heteroatoms. The zero-order valence-electron chi connectivity index (χ0n) is 10.6. The van der Waals surface area contributed by atoms with E-state index in [1.165, 1.54) is 0 Å². The summed E-state index contributed by atoms with van der Waals surface area (Å²) in [5.74, 6) is 0.445. The van der Waals surface area contributed by atoms with E-state index in [9.17, 15) is 4.79 Å². The molecule has 0 bridgehead atoms. The molecule has 3 nitrogen and oxygen atoms in total. The fourth-order valence-corrected chi connectivity index (χ4v) is 2.29. The third-order valence-electron chi connectivity index (χ3n) is 3.32. The van der Waals surface area contributed by atoms with Gasteiger partial charge < -0.3 is 9.64 Å². The molecule has 0 N–H and O–H groups in total. The predicted molar refractivity (Wildman–Crippen MR) is 65.7 cm³/mol. The van der Waals surface area contributed by atoms with E-state index in [0.717, 1.165) is 26.3 Å². The molecule has 0 aliphatic carbocycles. The number of hydrogen-bond acceptors (Lipinski definition) is 2. The van der Waals surface area contributed by atoms with Crippen LogP contribution in [0.4, 0.5) is 0 Å². The molecule has 1 heterocycles. The van der Waals surface area contributed by atoms with Gasteiger partial charge in [0.15, 0.2) is 0 Å². The van der Waals surface area contributed by atoms with Crippen molar-refractivity contribution in [2.24, 2.45) is 11.3 Å². The SMILES string of the molecule is CCOC[C@@H]1CN(C(=O)[C@@H](C)Cl)CC1(C)C. The van der Waals surface area contributed by atoms with Crippen LogP contribution >= 0.6 is 11.6 Å². The predicted octanol–water partition coefficient (Wildman–Crippen LogP) is 2.13. The van der Waals surface area contributed by atoms with Crippen molar-refractivity contribution in [2.75, 3.05) is 26.3 Å². The molecule has 1 fully saturated rings. The number of rotatable bonds is 4. The summed E-state index contributed by atoms with van der Waals surface area (Å²) in [4.78, 5) is 13.7. The first-order chi connectivity index (χ1) is 7.38. The summed E-state index contributed by atoms with van der Waals surface area (Å²) in [7, 11) is 0. The Kier molecular flexibility index (Phi) is 4.62. The van der Waals surface area contributed by atoms with Gasteiger partial charge in [0.25, 0.3) is 0 Å². The topological polar surface area (TPSA) is 29.5 Å². The van der Waals surface area contributed by atoms with Gasteiger partial charge in [-0.05, 0) is 19.3 Å². The Morgan fingerprint density at radius 1 is 1.62 bits per heavy atom. The fraction of sp³-hybridized carbons (Fsp3) is 0.917. The number of hydrogen-bond donors (Lipinski definition) is 0. The highest BCUT2D eigenvalue weighted by atomic mass is 35.5. The fourth-order valence-electron chi connectivity index (χ4n) is 2.16. The molecular formula is C12H22ClNO2. The molecule has 0 unspecified atom stereocenters. The first-order valence-corrected chi connectivity index (χ1v) is 6.32. The van der Waals surface area contributed by atoms with Crippen LogP contribution in [0.5, 0.6) is 0 Å². The van der Waals surface area contributed by atoms with Crippen LogP contribution in [0, 0.1) is 11.3 Å². The molecule has 2 atom stereocenters. The highest BCUT2D eigenvalue weighted by Crippen LogP contribution is 2.35. The van der Waals surface area contributed by atoms with E-state index in [1.807, 2.05) is 11.8 Å². The van der Waals surface area contributed by atoms with E-state index in [4.69, 9.17) is 16.3 Å². The Bertz CT molecular complexity index is 253. The first kappa shape index (κ1) is 13.8. The highest BCUT2D eigenvalue weighted by molar-refractivity contribution is 6.30. The lowest BCUT2D eigenvalue weighted by Gasteiger charge is -2.24. The number of likely N-dealkylation sites (tertiary alicyclic amines) is 1. The Balaban J connectivity index is 2.60. The molecule has 1 amide bonds. The number of halogens is 1. The summed E-state index contributed by atoms with van der Waals surface area (Å²) in [6.45, 7) is 11.1. The Morgan fingerprint density at radius 2 is 2.25 bits per heavy atom. The lowest BCUT2D eigenvalue weighted by atomic mass is 9.83. The van der Waals surface area contributed by atoms with Crippen molar-refractivity contribution in [3.8, 4) is 0 Å². The molecule has 0 spiro atoms. The molecule has 0 radical (unpaired) electrons. The van der Waals surface area contributed by atoms with Gasteiger partial charge in [0.2, 0.25) is 5.91 Å². The monoisotopic (exact) mass is 247 g/mol. The number of nitrogens with zero attached hydrogens (tertiary/aromatic N) is 1. The third-order valence-corrected chi connectivity index (χ3v) is 3.51. The normalized spacial score (nSPS) is 25.8. The van der Waals surface area contributed by atoms with E-state index in [0.29, 0.717) is 5.92 Å². The average Bonchev–Trinajstić information content (AvgIpc) is 2.49. The van der Waals surface area contributed by atoms with Gasteiger partial charge in [-0.2, -0.15) is 0 Å². The van der Waals surface area contributed by atoms with Crippen LogP contribution in [-0.2, 0) is 9.53 Å². The molecule has 1 saturated heterocycles. The summed E-state index contributed by atoms with van der Waals surface area (Å²) >= 11 is 5.83. The lowest BCUT2D eigenvalue weighted by Crippen LogP contribution is -2.34. The van der Waals surface area contributed by atoms with Crippen molar-refractivity contribution < 1.29 is 9.53 Å². The van der Waals surface area contributed by atoms with Gasteiger partial charge in [0, 0.05) is 25.6 Å². The molecule has 0 aromatic carbocycles. The second-order valence-electron chi connectivity index (χ2n) is 5.18. The van der Waals surface area contributed by atoms with Crippen LogP contribution in [0.25, 0.3) is 0 Å². The van der Waals surface area contributed by atoms with Gasteiger partial charge in [-0.1, -0.05) is 13.8 Å². The van der Waals surface area contributed by atoms with Crippen molar-refractivity contribution >= 4 is 17.5 Å². The third kappa shape index (κ3) is 3.11. The van der Waals surface area contributed by atoms with Crippen LogP contribution in [0.2, 0.25) is 0 Å². The largest absolute Gasteiger partial charge is 0.381 e. The maximum Gasteiger partial charge on any atom is 0.240 e. The van der Waals surface area contributed by atoms with Crippen molar-refractivity contribution in [1.82, 2.24) is 4.90 Å². The van der Waals surface area contributed by atoms with E-state index >= 15 is 0 Å². The van der Waals surface area contributed by atoms with E-state index < -0.39 is 5.38 Å². The van der Waals surface area contributed by atoms with Gasteiger partial charge in [-0.25, -0.2) is 0 Å². The average molecular weight is 248 g/mol. The number of carbonyl (C=O) groups excluding carboxylic acids is 1. The summed E-state index contributed by atoms with van der Waals surface area (Å²) < 4.78 is 5.47. The Labute approximate surface area is 103 Å². The Hall–Kier alpha value is -0.280. The standard InChI is InChI=1S/C12H22ClNO2/c1-5-16-7-10-6-14(8-12(10,3)4)11(15)9(2)13/h9-10H,5-8H2,1-4H3/t9-,10+/m1/s1. The van der Waals surface area contributed by atoms with Crippen molar-refractivity contribution in [2.45, 2.75) is 33.1 Å². The van der Waals surface area contributed by atoms with Gasteiger partial charge in [-0.15, -0.1) is 11.6 Å². The molecule has 0 saturated carbocycles. The minimum Gasteiger partial charge on any atom is -0.381 e. The zero-order chi connectivity index (χ0) is 12.3.